The molecule has 0 bridgehead atoms. The molecule has 0 saturated heterocycles. The van der Waals surface area contributed by atoms with Crippen LogP contribution in [-0.2, 0) is 18.8 Å². The van der Waals surface area contributed by atoms with Crippen molar-refractivity contribution in [2.24, 2.45) is 0 Å². The molecule has 0 amide bonds. The molecular weight excluding hydrogens is 260 g/mol. The normalized spacial score (nSPS) is 11.3. The van der Waals surface area contributed by atoms with E-state index in [0.29, 0.717) is 5.88 Å². The van der Waals surface area contributed by atoms with Crippen molar-refractivity contribution < 1.29 is 4.42 Å². The van der Waals surface area contributed by atoms with Gasteiger partial charge in [-0.2, -0.15) is 0 Å². The van der Waals surface area contributed by atoms with E-state index >= 15 is 0 Å². The number of nitrogens with zero attached hydrogens (tertiary/aromatic N) is 2. The number of fused-ring (bicyclic) bond motifs is 1. The zero-order chi connectivity index (χ0) is 13.2. The SMILES string of the molecule is Cc1ccc2nc(CCl)n(CCc3ccco3)c2c1. The van der Waals surface area contributed by atoms with E-state index in [2.05, 4.69) is 28.6 Å². The van der Waals surface area contributed by atoms with E-state index < -0.39 is 0 Å². The van der Waals surface area contributed by atoms with Gasteiger partial charge in [0.1, 0.15) is 11.6 Å². The molecule has 0 radical (unpaired) electrons. The van der Waals surface area contributed by atoms with Crippen LogP contribution < -0.4 is 0 Å². The van der Waals surface area contributed by atoms with Gasteiger partial charge in [-0.05, 0) is 36.8 Å². The molecule has 2 heterocycles. The largest absolute Gasteiger partial charge is 0.469 e. The minimum atomic E-state index is 0.423. The van der Waals surface area contributed by atoms with E-state index in [1.165, 1.54) is 5.56 Å². The Labute approximate surface area is 116 Å². The number of benzene rings is 1. The van der Waals surface area contributed by atoms with Gasteiger partial charge in [-0.1, -0.05) is 6.07 Å². The van der Waals surface area contributed by atoms with Crippen LogP contribution in [0.2, 0.25) is 0 Å². The summed E-state index contributed by atoms with van der Waals surface area (Å²) in [6, 6.07) is 10.2. The van der Waals surface area contributed by atoms with Crippen LogP contribution in [0.1, 0.15) is 17.1 Å². The van der Waals surface area contributed by atoms with Gasteiger partial charge >= 0.3 is 0 Å². The summed E-state index contributed by atoms with van der Waals surface area (Å²) >= 11 is 6.00. The Balaban J connectivity index is 1.97. The molecule has 3 rings (SSSR count). The lowest BCUT2D eigenvalue weighted by molar-refractivity contribution is 0.491. The number of furan rings is 1. The fourth-order valence-corrected chi connectivity index (χ4v) is 2.52. The van der Waals surface area contributed by atoms with Crippen LogP contribution in [0.15, 0.2) is 41.0 Å². The summed E-state index contributed by atoms with van der Waals surface area (Å²) in [5, 5.41) is 0. The lowest BCUT2D eigenvalue weighted by Gasteiger charge is -2.06. The van der Waals surface area contributed by atoms with E-state index in [1.807, 2.05) is 18.2 Å². The Morgan fingerprint density at radius 3 is 2.95 bits per heavy atom. The van der Waals surface area contributed by atoms with E-state index in [0.717, 1.165) is 35.6 Å². The highest BCUT2D eigenvalue weighted by Crippen LogP contribution is 2.20. The highest BCUT2D eigenvalue weighted by atomic mass is 35.5. The van der Waals surface area contributed by atoms with Gasteiger partial charge in [0.2, 0.25) is 0 Å². The third-order valence-electron chi connectivity index (χ3n) is 3.26. The molecule has 0 N–H and O–H groups in total. The predicted octanol–water partition coefficient (Wildman–Crippen LogP) is 3.92. The number of hydrogen-bond acceptors (Lipinski definition) is 2. The van der Waals surface area contributed by atoms with Crippen molar-refractivity contribution >= 4 is 22.6 Å². The summed E-state index contributed by atoms with van der Waals surface area (Å²) in [5.41, 5.74) is 3.37. The van der Waals surface area contributed by atoms with Crippen LogP contribution in [0, 0.1) is 6.92 Å². The molecule has 3 nitrogen and oxygen atoms in total. The van der Waals surface area contributed by atoms with Crippen LogP contribution in [-0.4, -0.2) is 9.55 Å². The van der Waals surface area contributed by atoms with Crippen LogP contribution >= 0.6 is 11.6 Å². The first-order valence-electron chi connectivity index (χ1n) is 6.32. The van der Waals surface area contributed by atoms with Gasteiger partial charge in [-0.25, -0.2) is 4.98 Å². The molecule has 0 saturated carbocycles. The number of hydrogen-bond donors (Lipinski definition) is 0. The van der Waals surface area contributed by atoms with Gasteiger partial charge in [0.25, 0.3) is 0 Å². The molecule has 0 spiro atoms. The van der Waals surface area contributed by atoms with Gasteiger partial charge in [-0.15, -0.1) is 11.6 Å². The lowest BCUT2D eigenvalue weighted by atomic mass is 10.2. The number of aryl methyl sites for hydroxylation is 3. The average molecular weight is 275 g/mol. The van der Waals surface area contributed by atoms with Crippen molar-refractivity contribution in [2.45, 2.75) is 25.8 Å². The summed E-state index contributed by atoms with van der Waals surface area (Å²) in [6.07, 6.45) is 2.55. The Kier molecular flexibility index (Phi) is 3.30. The van der Waals surface area contributed by atoms with Crippen molar-refractivity contribution in [1.29, 1.82) is 0 Å². The first kappa shape index (κ1) is 12.3. The molecule has 0 fully saturated rings. The molecule has 4 heteroatoms. The summed E-state index contributed by atoms with van der Waals surface area (Å²) in [4.78, 5) is 4.57. The first-order valence-corrected chi connectivity index (χ1v) is 6.85. The van der Waals surface area contributed by atoms with Gasteiger partial charge in [-0.3, -0.25) is 0 Å². The third-order valence-corrected chi connectivity index (χ3v) is 3.50. The molecule has 3 aromatic rings. The van der Waals surface area contributed by atoms with Gasteiger partial charge in [0.15, 0.2) is 0 Å². The maximum absolute atomic E-state index is 6.00. The molecule has 98 valence electrons. The van der Waals surface area contributed by atoms with Crippen molar-refractivity contribution in [2.75, 3.05) is 0 Å². The smallest absolute Gasteiger partial charge is 0.124 e. The zero-order valence-corrected chi connectivity index (χ0v) is 11.5. The molecule has 0 aliphatic rings. The second-order valence-corrected chi connectivity index (χ2v) is 4.90. The first-order chi connectivity index (χ1) is 9.28. The van der Waals surface area contributed by atoms with Crippen LogP contribution in [0.25, 0.3) is 11.0 Å². The highest BCUT2D eigenvalue weighted by Gasteiger charge is 2.10. The average Bonchev–Trinajstić information content (AvgIpc) is 3.03. The molecule has 0 aliphatic carbocycles. The van der Waals surface area contributed by atoms with Crippen molar-refractivity contribution in [3.63, 3.8) is 0 Å². The minimum Gasteiger partial charge on any atom is -0.469 e. The predicted molar refractivity (Wildman–Crippen MR) is 76.4 cm³/mol. The molecule has 0 unspecified atom stereocenters. The third kappa shape index (κ3) is 2.38. The van der Waals surface area contributed by atoms with Gasteiger partial charge < -0.3 is 8.98 Å². The van der Waals surface area contributed by atoms with Crippen LogP contribution in [0.5, 0.6) is 0 Å². The maximum atomic E-state index is 6.00. The van der Waals surface area contributed by atoms with Gasteiger partial charge in [0, 0.05) is 13.0 Å². The molecule has 1 aromatic carbocycles. The fraction of sp³-hybridized carbons (Fsp3) is 0.267. The number of aromatic nitrogens is 2. The second kappa shape index (κ2) is 5.10. The number of imidazole rings is 1. The Bertz CT molecular complexity index is 686. The van der Waals surface area contributed by atoms with Gasteiger partial charge in [0.05, 0.1) is 23.2 Å². The van der Waals surface area contributed by atoms with Crippen LogP contribution in [0.4, 0.5) is 0 Å². The second-order valence-electron chi connectivity index (χ2n) is 4.63. The van der Waals surface area contributed by atoms with E-state index in [4.69, 9.17) is 16.0 Å². The van der Waals surface area contributed by atoms with Crippen LogP contribution in [0.3, 0.4) is 0 Å². The Morgan fingerprint density at radius 1 is 1.32 bits per heavy atom. The maximum Gasteiger partial charge on any atom is 0.124 e. The monoisotopic (exact) mass is 274 g/mol. The summed E-state index contributed by atoms with van der Waals surface area (Å²) in [6.45, 7) is 2.92. The molecule has 0 atom stereocenters. The Hall–Kier alpha value is -1.74. The van der Waals surface area contributed by atoms with Crippen molar-refractivity contribution in [3.8, 4) is 0 Å². The number of halogens is 1. The molecular formula is C15H15ClN2O. The molecule has 0 aliphatic heterocycles. The summed E-state index contributed by atoms with van der Waals surface area (Å²) < 4.78 is 7.55. The quantitative estimate of drug-likeness (QED) is 0.675. The van der Waals surface area contributed by atoms with Crippen molar-refractivity contribution in [1.82, 2.24) is 9.55 Å². The highest BCUT2D eigenvalue weighted by molar-refractivity contribution is 6.16. The minimum absolute atomic E-state index is 0.423. The number of alkyl halides is 1. The van der Waals surface area contributed by atoms with E-state index in [1.54, 1.807) is 6.26 Å². The fourth-order valence-electron chi connectivity index (χ4n) is 2.31. The van der Waals surface area contributed by atoms with E-state index in [-0.39, 0.29) is 0 Å². The summed E-state index contributed by atoms with van der Waals surface area (Å²) in [7, 11) is 0. The topological polar surface area (TPSA) is 31.0 Å². The summed E-state index contributed by atoms with van der Waals surface area (Å²) in [5.74, 6) is 2.31. The number of rotatable bonds is 4. The standard InChI is InChI=1S/C15H15ClN2O/c1-11-4-5-13-14(9-11)18(15(10-16)17-13)7-6-12-3-2-8-19-12/h2-5,8-9H,6-7,10H2,1H3. The van der Waals surface area contributed by atoms with Crippen molar-refractivity contribution in [3.05, 3.63) is 53.7 Å². The zero-order valence-electron chi connectivity index (χ0n) is 10.8. The Morgan fingerprint density at radius 2 is 2.21 bits per heavy atom. The lowest BCUT2D eigenvalue weighted by Crippen LogP contribution is -2.04. The molecule has 19 heavy (non-hydrogen) atoms. The van der Waals surface area contributed by atoms with E-state index in [9.17, 15) is 0 Å². The molecule has 2 aromatic heterocycles.